The van der Waals surface area contributed by atoms with Crippen LogP contribution in [0.1, 0.15) is 30.0 Å². The zero-order chi connectivity index (χ0) is 18.9. The van der Waals surface area contributed by atoms with Crippen molar-refractivity contribution >= 4 is 19.9 Å². The largest absolute Gasteiger partial charge is 0.334 e. The van der Waals surface area contributed by atoms with Crippen LogP contribution in [0.3, 0.4) is 0 Å². The van der Waals surface area contributed by atoms with Crippen LogP contribution in [0.4, 0.5) is 0 Å². The molecule has 0 amide bonds. The van der Waals surface area contributed by atoms with E-state index in [0.29, 0.717) is 17.9 Å². The van der Waals surface area contributed by atoms with Gasteiger partial charge in [0.15, 0.2) is 14.9 Å². The van der Waals surface area contributed by atoms with Crippen molar-refractivity contribution in [1.29, 1.82) is 0 Å². The first-order valence-corrected chi connectivity index (χ1v) is 11.7. The Bertz CT molecular complexity index is 982. The van der Waals surface area contributed by atoms with Crippen molar-refractivity contribution in [2.45, 2.75) is 37.1 Å². The minimum absolute atomic E-state index is 0.0209. The van der Waals surface area contributed by atoms with Gasteiger partial charge in [-0.15, -0.1) is 0 Å². The quantitative estimate of drug-likeness (QED) is 0.784. The Balaban J connectivity index is 1.89. The van der Waals surface area contributed by atoms with Crippen LogP contribution in [0.2, 0.25) is 0 Å². The summed E-state index contributed by atoms with van der Waals surface area (Å²) in [5.41, 5.74) is 0.706. The average Bonchev–Trinajstić information content (AvgIpc) is 2.91. The van der Waals surface area contributed by atoms with Gasteiger partial charge in [0.25, 0.3) is 10.0 Å². The van der Waals surface area contributed by atoms with E-state index in [-0.39, 0.29) is 30.3 Å². The normalized spacial score (nSPS) is 21.4. The summed E-state index contributed by atoms with van der Waals surface area (Å²) in [6.07, 6.45) is 1.75. The summed E-state index contributed by atoms with van der Waals surface area (Å²) in [5, 5.41) is -0.703. The second kappa shape index (κ2) is 7.13. The molecular formula is C17H23N3O4S2. The Kier molecular flexibility index (Phi) is 5.23. The van der Waals surface area contributed by atoms with Gasteiger partial charge >= 0.3 is 0 Å². The fourth-order valence-electron chi connectivity index (χ4n) is 3.26. The fraction of sp³-hybridized carbons (Fsp3) is 0.471. The average molecular weight is 398 g/mol. The van der Waals surface area contributed by atoms with Crippen molar-refractivity contribution in [3.63, 3.8) is 0 Å². The van der Waals surface area contributed by atoms with E-state index < -0.39 is 25.1 Å². The molecule has 1 fully saturated rings. The maximum absolute atomic E-state index is 12.9. The maximum Gasteiger partial charge on any atom is 0.262 e. The van der Waals surface area contributed by atoms with E-state index in [4.69, 9.17) is 0 Å². The first kappa shape index (κ1) is 19.1. The van der Waals surface area contributed by atoms with Gasteiger partial charge in [-0.2, -0.15) is 4.31 Å². The first-order chi connectivity index (χ1) is 12.3. The Morgan fingerprint density at radius 2 is 1.88 bits per heavy atom. The second-order valence-corrected chi connectivity index (χ2v) is 10.6. The molecule has 0 radical (unpaired) electrons. The summed E-state index contributed by atoms with van der Waals surface area (Å²) in [6, 6.07) is 8.97. The molecule has 2 heterocycles. The molecule has 1 saturated heterocycles. The summed E-state index contributed by atoms with van der Waals surface area (Å²) in [7, 11) is -7.24. The SMILES string of the molecule is CCn1cc(S(=O)(=O)N2CCC(c3ccccc3)S(=O)(=O)CC2)nc1C. The van der Waals surface area contributed by atoms with Crippen molar-refractivity contribution < 1.29 is 16.8 Å². The van der Waals surface area contributed by atoms with Crippen molar-refractivity contribution in [2.24, 2.45) is 0 Å². The summed E-state index contributed by atoms with van der Waals surface area (Å²) >= 11 is 0. The van der Waals surface area contributed by atoms with E-state index in [1.54, 1.807) is 35.8 Å². The molecule has 7 nitrogen and oxygen atoms in total. The van der Waals surface area contributed by atoms with Gasteiger partial charge in [0.2, 0.25) is 0 Å². The highest BCUT2D eigenvalue weighted by molar-refractivity contribution is 7.92. The van der Waals surface area contributed by atoms with Crippen LogP contribution in [0, 0.1) is 6.92 Å². The molecule has 2 aromatic rings. The van der Waals surface area contributed by atoms with Gasteiger partial charge in [0.05, 0.1) is 11.0 Å². The lowest BCUT2D eigenvalue weighted by Gasteiger charge is -2.18. The number of aryl methyl sites for hydroxylation is 2. The van der Waals surface area contributed by atoms with Crippen LogP contribution in [0.5, 0.6) is 0 Å². The number of imidazole rings is 1. The molecule has 0 N–H and O–H groups in total. The number of hydrogen-bond donors (Lipinski definition) is 0. The molecule has 1 aromatic heterocycles. The highest BCUT2D eigenvalue weighted by atomic mass is 32.2. The minimum atomic E-state index is -3.82. The number of sulfonamides is 1. The van der Waals surface area contributed by atoms with Crippen molar-refractivity contribution in [3.8, 4) is 0 Å². The van der Waals surface area contributed by atoms with E-state index in [9.17, 15) is 16.8 Å². The Morgan fingerprint density at radius 1 is 1.19 bits per heavy atom. The third-order valence-electron chi connectivity index (χ3n) is 4.77. The molecule has 0 saturated carbocycles. The molecule has 1 aromatic carbocycles. The van der Waals surface area contributed by atoms with Crippen LogP contribution in [-0.4, -0.2) is 49.5 Å². The van der Waals surface area contributed by atoms with E-state index >= 15 is 0 Å². The lowest BCUT2D eigenvalue weighted by atomic mass is 10.1. The number of rotatable bonds is 4. The Hall–Kier alpha value is -1.71. The molecule has 0 spiro atoms. The van der Waals surface area contributed by atoms with Gasteiger partial charge in [-0.05, 0) is 25.8 Å². The Morgan fingerprint density at radius 3 is 2.50 bits per heavy atom. The van der Waals surface area contributed by atoms with E-state index in [1.807, 2.05) is 13.0 Å². The molecule has 3 rings (SSSR count). The lowest BCUT2D eigenvalue weighted by Crippen LogP contribution is -2.33. The minimum Gasteiger partial charge on any atom is -0.334 e. The van der Waals surface area contributed by atoms with Gasteiger partial charge < -0.3 is 4.57 Å². The second-order valence-electron chi connectivity index (χ2n) is 6.37. The van der Waals surface area contributed by atoms with Crippen LogP contribution in [0.15, 0.2) is 41.6 Å². The molecule has 1 atom stereocenters. The molecule has 26 heavy (non-hydrogen) atoms. The summed E-state index contributed by atoms with van der Waals surface area (Å²) in [5.74, 6) is 0.426. The zero-order valence-corrected chi connectivity index (χ0v) is 16.5. The van der Waals surface area contributed by atoms with Crippen molar-refractivity contribution in [3.05, 3.63) is 47.9 Å². The maximum atomic E-state index is 12.9. The topological polar surface area (TPSA) is 89.3 Å². The lowest BCUT2D eigenvalue weighted by molar-refractivity contribution is 0.426. The van der Waals surface area contributed by atoms with Crippen molar-refractivity contribution in [2.75, 3.05) is 18.8 Å². The number of nitrogens with zero attached hydrogens (tertiary/aromatic N) is 3. The monoisotopic (exact) mass is 397 g/mol. The predicted octanol–water partition coefficient (Wildman–Crippen LogP) is 1.76. The Labute approximate surface area is 154 Å². The summed E-state index contributed by atoms with van der Waals surface area (Å²) in [6.45, 7) is 4.39. The van der Waals surface area contributed by atoms with Crippen molar-refractivity contribution in [1.82, 2.24) is 13.9 Å². The summed E-state index contributed by atoms with van der Waals surface area (Å²) < 4.78 is 54.2. The standard InChI is InChI=1S/C17H23N3O4S2/c1-3-19-13-17(18-14(19)2)26(23,24)20-10-9-16(25(21,22)12-11-20)15-7-5-4-6-8-15/h4-8,13,16H,3,9-12H2,1-2H3. The molecule has 9 heteroatoms. The molecule has 0 aliphatic carbocycles. The van der Waals surface area contributed by atoms with Crippen LogP contribution >= 0.6 is 0 Å². The number of sulfone groups is 1. The van der Waals surface area contributed by atoms with Gasteiger partial charge in [0, 0.05) is 25.8 Å². The molecule has 1 unspecified atom stereocenters. The van der Waals surface area contributed by atoms with Gasteiger partial charge in [0.1, 0.15) is 5.82 Å². The van der Waals surface area contributed by atoms with Gasteiger partial charge in [-0.25, -0.2) is 21.8 Å². The van der Waals surface area contributed by atoms with E-state index in [1.165, 1.54) is 10.5 Å². The highest BCUT2D eigenvalue weighted by Gasteiger charge is 2.36. The summed E-state index contributed by atoms with van der Waals surface area (Å²) in [4.78, 5) is 4.16. The van der Waals surface area contributed by atoms with Gasteiger partial charge in [-0.1, -0.05) is 30.3 Å². The van der Waals surface area contributed by atoms with Crippen LogP contribution in [0.25, 0.3) is 0 Å². The first-order valence-electron chi connectivity index (χ1n) is 8.56. The highest BCUT2D eigenvalue weighted by Crippen LogP contribution is 2.31. The third kappa shape index (κ3) is 3.56. The predicted molar refractivity (Wildman–Crippen MR) is 99.0 cm³/mol. The third-order valence-corrected chi connectivity index (χ3v) is 8.67. The van der Waals surface area contributed by atoms with Crippen LogP contribution < -0.4 is 0 Å². The smallest absolute Gasteiger partial charge is 0.262 e. The fourth-order valence-corrected chi connectivity index (χ4v) is 6.62. The zero-order valence-electron chi connectivity index (χ0n) is 14.9. The van der Waals surface area contributed by atoms with E-state index in [0.717, 1.165) is 0 Å². The molecule has 1 aliphatic heterocycles. The molecule has 0 bridgehead atoms. The number of aromatic nitrogens is 2. The number of hydrogen-bond acceptors (Lipinski definition) is 5. The van der Waals surface area contributed by atoms with Gasteiger partial charge in [-0.3, -0.25) is 0 Å². The van der Waals surface area contributed by atoms with Crippen LogP contribution in [-0.2, 0) is 26.4 Å². The van der Waals surface area contributed by atoms with E-state index in [2.05, 4.69) is 4.98 Å². The molecule has 142 valence electrons. The molecular weight excluding hydrogens is 374 g/mol. The molecule has 1 aliphatic rings. The number of benzene rings is 1.